The minimum atomic E-state index is -3.75. The van der Waals surface area contributed by atoms with Gasteiger partial charge in [-0.1, -0.05) is 38.1 Å². The maximum absolute atomic E-state index is 13.2. The number of carbonyl (C=O) groups excluding carboxylic acids is 1. The van der Waals surface area contributed by atoms with Crippen molar-refractivity contribution in [1.82, 2.24) is 4.90 Å². The Bertz CT molecular complexity index is 862. The van der Waals surface area contributed by atoms with Crippen molar-refractivity contribution >= 4 is 21.6 Å². The zero-order valence-electron chi connectivity index (χ0n) is 16.4. The van der Waals surface area contributed by atoms with Gasteiger partial charge in [0.2, 0.25) is 0 Å². The summed E-state index contributed by atoms with van der Waals surface area (Å²) in [6.07, 6.45) is 1.71. The first-order valence-electron chi connectivity index (χ1n) is 9.31. The van der Waals surface area contributed by atoms with Gasteiger partial charge in [0.1, 0.15) is 0 Å². The van der Waals surface area contributed by atoms with Gasteiger partial charge in [0, 0.05) is 25.2 Å². The molecule has 0 heterocycles. The van der Waals surface area contributed by atoms with E-state index in [1.165, 1.54) is 16.4 Å². The highest BCUT2D eigenvalue weighted by Crippen LogP contribution is 2.24. The van der Waals surface area contributed by atoms with Crippen molar-refractivity contribution in [2.24, 2.45) is 0 Å². The van der Waals surface area contributed by atoms with Crippen LogP contribution < -0.4 is 4.31 Å². The largest absolute Gasteiger partial charge is 0.339 e. The Morgan fingerprint density at radius 2 is 1.59 bits per heavy atom. The molecule has 0 aliphatic carbocycles. The maximum atomic E-state index is 13.2. The lowest BCUT2D eigenvalue weighted by Gasteiger charge is -2.27. The van der Waals surface area contributed by atoms with E-state index in [4.69, 9.17) is 0 Å². The summed E-state index contributed by atoms with van der Waals surface area (Å²) in [5, 5.41) is 0. The topological polar surface area (TPSA) is 57.7 Å². The molecule has 2 aromatic rings. The van der Waals surface area contributed by atoms with E-state index < -0.39 is 10.0 Å². The zero-order valence-corrected chi connectivity index (χ0v) is 17.2. The van der Waals surface area contributed by atoms with Gasteiger partial charge in [0.25, 0.3) is 15.9 Å². The van der Waals surface area contributed by atoms with Crippen LogP contribution in [0.5, 0.6) is 0 Å². The molecule has 2 rings (SSSR count). The SMILES string of the molecule is CCC(CC)N(C)C(=O)c1cccc(S(=O)(=O)N(CC)c2ccccc2)c1. The van der Waals surface area contributed by atoms with Crippen LogP contribution >= 0.6 is 0 Å². The van der Waals surface area contributed by atoms with Crippen LogP contribution in [0.2, 0.25) is 0 Å². The fourth-order valence-corrected chi connectivity index (χ4v) is 4.73. The first-order chi connectivity index (χ1) is 12.9. The molecule has 0 N–H and O–H groups in total. The standard InChI is InChI=1S/C21H28N2O3S/c1-5-18(6-2)22(4)21(24)17-12-11-15-20(16-17)27(25,26)23(7-3)19-13-9-8-10-14-19/h8-16,18H,5-7H2,1-4H3. The maximum Gasteiger partial charge on any atom is 0.264 e. The fourth-order valence-electron chi connectivity index (χ4n) is 3.21. The molecule has 0 saturated carbocycles. The molecule has 0 saturated heterocycles. The molecule has 0 aliphatic rings. The second kappa shape index (κ2) is 9.04. The molecule has 2 aromatic carbocycles. The van der Waals surface area contributed by atoms with Crippen LogP contribution in [0.25, 0.3) is 0 Å². The lowest BCUT2D eigenvalue weighted by Crippen LogP contribution is -2.36. The van der Waals surface area contributed by atoms with Gasteiger partial charge in [-0.05, 0) is 50.1 Å². The van der Waals surface area contributed by atoms with Gasteiger partial charge in [0.05, 0.1) is 10.6 Å². The summed E-state index contributed by atoms with van der Waals surface area (Å²) in [6.45, 7) is 6.17. The molecule has 0 aromatic heterocycles. The smallest absolute Gasteiger partial charge is 0.264 e. The van der Waals surface area contributed by atoms with Crippen LogP contribution in [0.1, 0.15) is 44.0 Å². The van der Waals surface area contributed by atoms with Crippen LogP contribution in [-0.2, 0) is 10.0 Å². The van der Waals surface area contributed by atoms with E-state index in [0.717, 1.165) is 12.8 Å². The number of amides is 1. The molecule has 27 heavy (non-hydrogen) atoms. The van der Waals surface area contributed by atoms with Gasteiger partial charge in [0.15, 0.2) is 0 Å². The first-order valence-corrected chi connectivity index (χ1v) is 10.8. The summed E-state index contributed by atoms with van der Waals surface area (Å²) >= 11 is 0. The quantitative estimate of drug-likeness (QED) is 0.682. The van der Waals surface area contributed by atoms with Crippen molar-refractivity contribution in [3.8, 4) is 0 Å². The van der Waals surface area contributed by atoms with Crippen LogP contribution in [0.3, 0.4) is 0 Å². The molecular formula is C21H28N2O3S. The highest BCUT2D eigenvalue weighted by atomic mass is 32.2. The summed E-state index contributed by atoms with van der Waals surface area (Å²) < 4.78 is 27.7. The minimum absolute atomic E-state index is 0.122. The molecule has 146 valence electrons. The Morgan fingerprint density at radius 1 is 0.963 bits per heavy atom. The highest BCUT2D eigenvalue weighted by molar-refractivity contribution is 7.92. The molecule has 5 nitrogen and oxygen atoms in total. The van der Waals surface area contributed by atoms with Crippen molar-refractivity contribution in [3.05, 3.63) is 60.2 Å². The summed E-state index contributed by atoms with van der Waals surface area (Å²) in [7, 11) is -1.99. The Hall–Kier alpha value is -2.34. The number of para-hydroxylation sites is 1. The Kier molecular flexibility index (Phi) is 7.02. The first kappa shape index (κ1) is 21.0. The van der Waals surface area contributed by atoms with Crippen molar-refractivity contribution in [2.45, 2.75) is 44.6 Å². The van der Waals surface area contributed by atoms with E-state index in [2.05, 4.69) is 0 Å². The third-order valence-electron chi connectivity index (χ3n) is 4.81. The van der Waals surface area contributed by atoms with E-state index in [9.17, 15) is 13.2 Å². The normalized spacial score (nSPS) is 11.4. The Morgan fingerprint density at radius 3 is 2.15 bits per heavy atom. The lowest BCUT2D eigenvalue weighted by molar-refractivity contribution is 0.0723. The van der Waals surface area contributed by atoms with Gasteiger partial charge in [-0.25, -0.2) is 8.42 Å². The summed E-state index contributed by atoms with van der Waals surface area (Å²) in [5.41, 5.74) is 0.987. The second-order valence-corrected chi connectivity index (χ2v) is 8.28. The lowest BCUT2D eigenvalue weighted by atomic mass is 10.1. The monoisotopic (exact) mass is 388 g/mol. The second-order valence-electron chi connectivity index (χ2n) is 6.42. The van der Waals surface area contributed by atoms with Crippen molar-refractivity contribution in [3.63, 3.8) is 0 Å². The third kappa shape index (κ3) is 4.50. The number of benzene rings is 2. The van der Waals surface area contributed by atoms with E-state index >= 15 is 0 Å². The Labute approximate surface area is 162 Å². The van der Waals surface area contributed by atoms with Crippen LogP contribution in [0.4, 0.5) is 5.69 Å². The number of rotatable bonds is 8. The molecular weight excluding hydrogens is 360 g/mol. The van der Waals surface area contributed by atoms with Gasteiger partial charge < -0.3 is 4.90 Å². The highest BCUT2D eigenvalue weighted by Gasteiger charge is 2.25. The third-order valence-corrected chi connectivity index (χ3v) is 6.71. The van der Waals surface area contributed by atoms with Crippen LogP contribution in [0, 0.1) is 0 Å². The number of hydrogen-bond acceptors (Lipinski definition) is 3. The predicted molar refractivity (Wildman–Crippen MR) is 110 cm³/mol. The van der Waals surface area contributed by atoms with Crippen molar-refractivity contribution in [2.75, 3.05) is 17.9 Å². The molecule has 6 heteroatoms. The molecule has 1 amide bonds. The molecule has 0 bridgehead atoms. The van der Waals surface area contributed by atoms with Crippen molar-refractivity contribution < 1.29 is 13.2 Å². The van der Waals surface area contributed by atoms with Crippen LogP contribution in [-0.4, -0.2) is 38.9 Å². The number of nitrogens with zero attached hydrogens (tertiary/aromatic N) is 2. The average molecular weight is 389 g/mol. The molecule has 0 fully saturated rings. The van der Waals surface area contributed by atoms with Crippen LogP contribution in [0.15, 0.2) is 59.5 Å². The summed E-state index contributed by atoms with van der Waals surface area (Å²) in [6, 6.07) is 15.4. The molecule has 0 spiro atoms. The predicted octanol–water partition coefficient (Wildman–Crippen LogP) is 4.16. The van der Waals surface area contributed by atoms with Gasteiger partial charge in [-0.3, -0.25) is 9.10 Å². The molecule has 0 radical (unpaired) electrons. The van der Waals surface area contributed by atoms with Crippen molar-refractivity contribution in [1.29, 1.82) is 0 Å². The minimum Gasteiger partial charge on any atom is -0.339 e. The fraction of sp³-hybridized carbons (Fsp3) is 0.381. The average Bonchev–Trinajstić information content (AvgIpc) is 2.69. The number of hydrogen-bond donors (Lipinski definition) is 0. The van der Waals surface area contributed by atoms with E-state index in [0.29, 0.717) is 17.8 Å². The number of carbonyl (C=O) groups is 1. The number of anilines is 1. The van der Waals surface area contributed by atoms with E-state index in [1.807, 2.05) is 19.9 Å². The van der Waals surface area contributed by atoms with Gasteiger partial charge >= 0.3 is 0 Å². The molecule has 0 aliphatic heterocycles. The van der Waals surface area contributed by atoms with E-state index in [1.54, 1.807) is 55.3 Å². The summed E-state index contributed by atoms with van der Waals surface area (Å²) in [5.74, 6) is -0.163. The molecule has 0 atom stereocenters. The van der Waals surface area contributed by atoms with E-state index in [-0.39, 0.29) is 16.8 Å². The summed E-state index contributed by atoms with van der Waals surface area (Å²) in [4.78, 5) is 14.6. The number of sulfonamides is 1. The Balaban J connectivity index is 2.39. The zero-order chi connectivity index (χ0) is 20.0. The van der Waals surface area contributed by atoms with Gasteiger partial charge in [-0.15, -0.1) is 0 Å². The van der Waals surface area contributed by atoms with Gasteiger partial charge in [-0.2, -0.15) is 0 Å². The molecule has 0 unspecified atom stereocenters.